The number of ether oxygens (including phenoxy) is 2. The lowest BCUT2D eigenvalue weighted by atomic mass is 9.86. The van der Waals surface area contributed by atoms with Crippen molar-refractivity contribution in [3.8, 4) is 5.75 Å². The smallest absolute Gasteiger partial charge is 0.124 e. The standard InChI is InChI=1S/C13H20N2O2/c1-9(2)10-4-5-11(12(6-10)16-3)13(15-14)7-17-8-13/h4-6,9,15H,7-8,14H2,1-3H3. The summed E-state index contributed by atoms with van der Waals surface area (Å²) >= 11 is 0. The van der Waals surface area contributed by atoms with Crippen LogP contribution in [0.3, 0.4) is 0 Å². The highest BCUT2D eigenvalue weighted by atomic mass is 16.5. The van der Waals surface area contributed by atoms with E-state index in [2.05, 4.69) is 37.5 Å². The summed E-state index contributed by atoms with van der Waals surface area (Å²) in [6.45, 7) is 5.50. The number of hydrogen-bond donors (Lipinski definition) is 2. The van der Waals surface area contributed by atoms with E-state index in [0.717, 1.165) is 11.3 Å². The van der Waals surface area contributed by atoms with Crippen molar-refractivity contribution in [1.82, 2.24) is 5.43 Å². The van der Waals surface area contributed by atoms with Gasteiger partial charge in [-0.05, 0) is 17.5 Å². The molecular weight excluding hydrogens is 216 g/mol. The van der Waals surface area contributed by atoms with Crippen LogP contribution in [0.25, 0.3) is 0 Å². The van der Waals surface area contributed by atoms with Gasteiger partial charge in [-0.15, -0.1) is 0 Å². The van der Waals surface area contributed by atoms with E-state index in [9.17, 15) is 0 Å². The average Bonchev–Trinajstić information content (AvgIpc) is 2.28. The van der Waals surface area contributed by atoms with Crippen molar-refractivity contribution in [3.05, 3.63) is 29.3 Å². The average molecular weight is 236 g/mol. The number of methoxy groups -OCH3 is 1. The predicted molar refractivity (Wildman–Crippen MR) is 66.9 cm³/mol. The SMILES string of the molecule is COc1cc(C(C)C)ccc1C1(NN)COC1. The highest BCUT2D eigenvalue weighted by molar-refractivity contribution is 5.44. The van der Waals surface area contributed by atoms with Crippen LogP contribution in [0.1, 0.15) is 30.9 Å². The highest BCUT2D eigenvalue weighted by Crippen LogP contribution is 2.36. The third-order valence-corrected chi connectivity index (χ3v) is 3.38. The van der Waals surface area contributed by atoms with E-state index in [1.807, 2.05) is 0 Å². The van der Waals surface area contributed by atoms with Crippen LogP contribution in [-0.4, -0.2) is 20.3 Å². The molecule has 17 heavy (non-hydrogen) atoms. The molecule has 1 heterocycles. The first-order valence-electron chi connectivity index (χ1n) is 5.87. The maximum Gasteiger partial charge on any atom is 0.124 e. The Morgan fingerprint density at radius 1 is 1.41 bits per heavy atom. The summed E-state index contributed by atoms with van der Waals surface area (Å²) in [5, 5.41) is 0. The van der Waals surface area contributed by atoms with E-state index in [1.54, 1.807) is 7.11 Å². The molecule has 0 amide bonds. The van der Waals surface area contributed by atoms with Gasteiger partial charge in [-0.2, -0.15) is 0 Å². The van der Waals surface area contributed by atoms with Gasteiger partial charge in [0.05, 0.1) is 20.3 Å². The second-order valence-corrected chi connectivity index (χ2v) is 4.83. The second-order valence-electron chi connectivity index (χ2n) is 4.83. The number of nitrogens with one attached hydrogen (secondary N) is 1. The fourth-order valence-electron chi connectivity index (χ4n) is 2.09. The molecule has 0 radical (unpaired) electrons. The zero-order valence-electron chi connectivity index (χ0n) is 10.6. The van der Waals surface area contributed by atoms with Crippen LogP contribution in [0.5, 0.6) is 5.75 Å². The van der Waals surface area contributed by atoms with Crippen LogP contribution >= 0.6 is 0 Å². The molecular formula is C13H20N2O2. The second kappa shape index (κ2) is 4.64. The molecule has 94 valence electrons. The van der Waals surface area contributed by atoms with Gasteiger partial charge >= 0.3 is 0 Å². The third-order valence-electron chi connectivity index (χ3n) is 3.38. The summed E-state index contributed by atoms with van der Waals surface area (Å²) in [6, 6.07) is 6.29. The highest BCUT2D eigenvalue weighted by Gasteiger charge is 2.41. The Morgan fingerprint density at radius 3 is 2.53 bits per heavy atom. The van der Waals surface area contributed by atoms with E-state index >= 15 is 0 Å². The summed E-state index contributed by atoms with van der Waals surface area (Å²) in [5.74, 6) is 6.99. The van der Waals surface area contributed by atoms with Crippen LogP contribution < -0.4 is 16.0 Å². The fourth-order valence-corrected chi connectivity index (χ4v) is 2.09. The Morgan fingerprint density at radius 2 is 2.12 bits per heavy atom. The fraction of sp³-hybridized carbons (Fsp3) is 0.538. The molecule has 0 aliphatic carbocycles. The zero-order chi connectivity index (χ0) is 12.5. The van der Waals surface area contributed by atoms with Crippen LogP contribution in [0.15, 0.2) is 18.2 Å². The van der Waals surface area contributed by atoms with Crippen molar-refractivity contribution in [1.29, 1.82) is 0 Å². The van der Waals surface area contributed by atoms with Gasteiger partial charge in [-0.3, -0.25) is 5.84 Å². The van der Waals surface area contributed by atoms with Crippen LogP contribution in [0.4, 0.5) is 0 Å². The first kappa shape index (κ1) is 12.4. The molecule has 1 fully saturated rings. The summed E-state index contributed by atoms with van der Waals surface area (Å²) in [4.78, 5) is 0. The first-order chi connectivity index (χ1) is 8.13. The molecule has 4 nitrogen and oxygen atoms in total. The van der Waals surface area contributed by atoms with Gasteiger partial charge in [-0.1, -0.05) is 26.0 Å². The minimum Gasteiger partial charge on any atom is -0.496 e. The Bertz CT molecular complexity index is 395. The molecule has 0 atom stereocenters. The van der Waals surface area contributed by atoms with Gasteiger partial charge in [0.2, 0.25) is 0 Å². The van der Waals surface area contributed by atoms with E-state index < -0.39 is 0 Å². The Hall–Kier alpha value is -1.10. The Kier molecular flexibility index (Phi) is 3.38. The summed E-state index contributed by atoms with van der Waals surface area (Å²) < 4.78 is 10.7. The molecule has 1 saturated heterocycles. The summed E-state index contributed by atoms with van der Waals surface area (Å²) in [6.07, 6.45) is 0. The minimum absolute atomic E-state index is 0.291. The predicted octanol–water partition coefficient (Wildman–Crippen LogP) is 1.51. The largest absolute Gasteiger partial charge is 0.496 e. The molecule has 1 aliphatic heterocycles. The topological polar surface area (TPSA) is 56.5 Å². The molecule has 1 aromatic carbocycles. The Labute approximate surface area is 102 Å². The minimum atomic E-state index is -0.291. The van der Waals surface area contributed by atoms with Crippen LogP contribution in [0.2, 0.25) is 0 Å². The third kappa shape index (κ3) is 2.04. The van der Waals surface area contributed by atoms with Gasteiger partial charge < -0.3 is 9.47 Å². The number of hydrazine groups is 1. The normalized spacial score (nSPS) is 17.9. The van der Waals surface area contributed by atoms with Crippen molar-refractivity contribution in [3.63, 3.8) is 0 Å². The molecule has 1 aliphatic rings. The Balaban J connectivity index is 2.40. The molecule has 0 aromatic heterocycles. The van der Waals surface area contributed by atoms with Crippen LogP contribution in [-0.2, 0) is 10.3 Å². The van der Waals surface area contributed by atoms with Gasteiger partial charge in [0.15, 0.2) is 0 Å². The zero-order valence-corrected chi connectivity index (χ0v) is 10.6. The molecule has 1 aromatic rings. The lowest BCUT2D eigenvalue weighted by Crippen LogP contribution is -2.60. The quantitative estimate of drug-likeness (QED) is 0.614. The monoisotopic (exact) mass is 236 g/mol. The van der Waals surface area contributed by atoms with Crippen molar-refractivity contribution in [2.24, 2.45) is 5.84 Å². The van der Waals surface area contributed by atoms with Crippen molar-refractivity contribution >= 4 is 0 Å². The number of nitrogens with two attached hydrogens (primary N) is 1. The number of rotatable bonds is 4. The molecule has 0 saturated carbocycles. The van der Waals surface area contributed by atoms with E-state index in [-0.39, 0.29) is 5.54 Å². The number of hydrogen-bond acceptors (Lipinski definition) is 4. The van der Waals surface area contributed by atoms with Gasteiger partial charge in [0, 0.05) is 5.56 Å². The van der Waals surface area contributed by atoms with Crippen molar-refractivity contribution in [2.45, 2.75) is 25.3 Å². The van der Waals surface area contributed by atoms with Gasteiger partial charge in [0.25, 0.3) is 0 Å². The molecule has 2 rings (SSSR count). The maximum atomic E-state index is 5.64. The van der Waals surface area contributed by atoms with Crippen LogP contribution in [0, 0.1) is 0 Å². The lowest BCUT2D eigenvalue weighted by Gasteiger charge is -2.41. The molecule has 0 unspecified atom stereocenters. The number of benzene rings is 1. The molecule has 3 N–H and O–H groups in total. The summed E-state index contributed by atoms with van der Waals surface area (Å²) in [7, 11) is 1.69. The molecule has 0 spiro atoms. The molecule has 4 heteroatoms. The van der Waals surface area contributed by atoms with Gasteiger partial charge in [0.1, 0.15) is 11.3 Å². The van der Waals surface area contributed by atoms with E-state index in [4.69, 9.17) is 15.3 Å². The van der Waals surface area contributed by atoms with E-state index in [1.165, 1.54) is 5.56 Å². The lowest BCUT2D eigenvalue weighted by molar-refractivity contribution is -0.0795. The van der Waals surface area contributed by atoms with Gasteiger partial charge in [-0.25, -0.2) is 5.43 Å². The van der Waals surface area contributed by atoms with Crippen molar-refractivity contribution in [2.75, 3.05) is 20.3 Å². The molecule has 0 bridgehead atoms. The maximum absolute atomic E-state index is 5.64. The van der Waals surface area contributed by atoms with Crippen molar-refractivity contribution < 1.29 is 9.47 Å². The van der Waals surface area contributed by atoms with E-state index in [0.29, 0.717) is 19.1 Å². The summed E-state index contributed by atoms with van der Waals surface area (Å²) in [5.41, 5.74) is 4.89. The first-order valence-corrected chi connectivity index (χ1v) is 5.87.